The molecule has 10 heteroatoms. The molecule has 0 atom stereocenters. The summed E-state index contributed by atoms with van der Waals surface area (Å²) in [5, 5.41) is 4.11. The molecule has 0 spiro atoms. The molecular weight excluding hydrogens is 669 g/mol. The van der Waals surface area contributed by atoms with Gasteiger partial charge in [-0.05, 0) is 29.3 Å². The topological polar surface area (TPSA) is 65.0 Å². The van der Waals surface area contributed by atoms with Gasteiger partial charge in [-0.25, -0.2) is 15.0 Å². The normalized spacial score (nSPS) is 11.6. The number of aromatic nitrogens is 3. The highest BCUT2D eigenvalue weighted by Gasteiger charge is 2.22. The van der Waals surface area contributed by atoms with E-state index in [1.807, 2.05) is 60.7 Å². The molecule has 7 aromatic carbocycles. The summed E-state index contributed by atoms with van der Waals surface area (Å²) in [6, 6.07) is 45.6. The fourth-order valence-electron chi connectivity index (χ4n) is 8.29. The predicted octanol–water partition coefficient (Wildman–Crippen LogP) is 3.30. The number of para-hydroxylation sites is 3. The molecular formula is C45H32B5N3O2. The van der Waals surface area contributed by atoms with Gasteiger partial charge >= 0.3 is 0 Å². The Labute approximate surface area is 322 Å². The maximum Gasteiger partial charge on any atom is 0.164 e. The van der Waals surface area contributed by atoms with Crippen LogP contribution in [0.4, 0.5) is 0 Å². The zero-order chi connectivity index (χ0) is 37.4. The lowest BCUT2D eigenvalue weighted by molar-refractivity contribution is 0.665. The Morgan fingerprint density at radius 1 is 0.364 bits per heavy atom. The molecule has 0 amide bonds. The molecule has 0 saturated carbocycles. The Morgan fingerprint density at radius 3 is 1.62 bits per heavy atom. The molecule has 10 rings (SSSR count). The molecule has 0 saturated heterocycles. The quantitative estimate of drug-likeness (QED) is 0.258. The van der Waals surface area contributed by atoms with Gasteiger partial charge in [0.25, 0.3) is 0 Å². The summed E-state index contributed by atoms with van der Waals surface area (Å²) in [4.78, 5) is 15.5. The van der Waals surface area contributed by atoms with Crippen molar-refractivity contribution in [1.82, 2.24) is 15.0 Å². The lowest BCUT2D eigenvalue weighted by Crippen LogP contribution is -2.55. The van der Waals surface area contributed by atoms with Gasteiger partial charge in [0.1, 0.15) is 61.6 Å². The summed E-state index contributed by atoms with van der Waals surface area (Å²) in [7, 11) is 11.1. The van der Waals surface area contributed by atoms with E-state index in [1.165, 1.54) is 32.9 Å². The van der Waals surface area contributed by atoms with E-state index in [1.54, 1.807) is 0 Å². The fraction of sp³-hybridized carbons (Fsp3) is 0. The van der Waals surface area contributed by atoms with Crippen LogP contribution in [-0.4, -0.2) is 54.2 Å². The smallest absolute Gasteiger partial charge is 0.164 e. The second-order valence-corrected chi connectivity index (χ2v) is 14.5. The molecule has 0 radical (unpaired) electrons. The lowest BCUT2D eigenvalue weighted by Gasteiger charge is -2.20. The average molecular weight is 701 g/mol. The highest BCUT2D eigenvalue weighted by atomic mass is 16.3. The van der Waals surface area contributed by atoms with E-state index in [2.05, 4.69) is 112 Å². The molecule has 3 aromatic heterocycles. The van der Waals surface area contributed by atoms with Crippen LogP contribution in [0.5, 0.6) is 0 Å². The van der Waals surface area contributed by atoms with Crippen molar-refractivity contribution >= 4 is 110 Å². The van der Waals surface area contributed by atoms with Crippen LogP contribution in [0.3, 0.4) is 0 Å². The maximum atomic E-state index is 6.75. The Kier molecular flexibility index (Phi) is 7.70. The van der Waals surface area contributed by atoms with Gasteiger partial charge in [-0.15, -0.1) is 16.4 Å². The average Bonchev–Trinajstić information content (AvgIpc) is 3.81. The third-order valence-corrected chi connectivity index (χ3v) is 11.5. The van der Waals surface area contributed by atoms with Gasteiger partial charge in [0, 0.05) is 49.4 Å². The Morgan fingerprint density at radius 2 is 0.855 bits per heavy atom. The Balaban J connectivity index is 1.18. The first-order valence-electron chi connectivity index (χ1n) is 18.7. The first-order valence-corrected chi connectivity index (χ1v) is 18.7. The third kappa shape index (κ3) is 5.27. The van der Waals surface area contributed by atoms with Gasteiger partial charge in [0.2, 0.25) is 0 Å². The molecule has 5 nitrogen and oxygen atoms in total. The summed E-state index contributed by atoms with van der Waals surface area (Å²) >= 11 is 0. The zero-order valence-corrected chi connectivity index (χ0v) is 31.4. The fourth-order valence-corrected chi connectivity index (χ4v) is 8.29. The van der Waals surface area contributed by atoms with Crippen molar-refractivity contribution in [2.75, 3.05) is 0 Å². The number of hydrogen-bond acceptors (Lipinski definition) is 5. The summed E-state index contributed by atoms with van der Waals surface area (Å²) in [6.45, 7) is 0. The standard InChI is InChI=1S/C45H32B5N3O2/c46-36-34(37(47)39(49)40(50)38(36)48)24-12-6-13-25(22-24)44-51-43(23-10-2-1-3-11-23)52-45(53-44)31-19-9-21-33-35(31)30-18-8-17-29(42(30)55-33)28-16-7-15-27-26-14-4-5-20-32(26)54-41(27)28/h1-22H,46-50H2. The molecule has 3 heterocycles. The first-order chi connectivity index (χ1) is 26.9. The lowest BCUT2D eigenvalue weighted by atomic mass is 9.59. The molecule has 0 aliphatic rings. The van der Waals surface area contributed by atoms with Gasteiger partial charge in [0.15, 0.2) is 17.5 Å². The molecule has 254 valence electrons. The van der Waals surface area contributed by atoms with Crippen LogP contribution in [-0.2, 0) is 0 Å². The minimum absolute atomic E-state index is 0.585. The van der Waals surface area contributed by atoms with Gasteiger partial charge in [0.05, 0.1) is 0 Å². The molecule has 0 aliphatic heterocycles. The maximum absolute atomic E-state index is 6.75. The second kappa shape index (κ2) is 12.8. The van der Waals surface area contributed by atoms with Crippen molar-refractivity contribution in [3.63, 3.8) is 0 Å². The number of furan rings is 2. The monoisotopic (exact) mass is 701 g/mol. The number of hydrogen-bond donors (Lipinski definition) is 0. The van der Waals surface area contributed by atoms with E-state index in [9.17, 15) is 0 Å². The van der Waals surface area contributed by atoms with Crippen molar-refractivity contribution in [3.8, 4) is 56.4 Å². The zero-order valence-electron chi connectivity index (χ0n) is 31.4. The molecule has 0 fully saturated rings. The van der Waals surface area contributed by atoms with Crippen LogP contribution in [0, 0.1) is 0 Å². The van der Waals surface area contributed by atoms with Gasteiger partial charge in [-0.3, -0.25) is 0 Å². The van der Waals surface area contributed by atoms with Crippen LogP contribution in [0.15, 0.2) is 142 Å². The number of rotatable bonds is 5. The van der Waals surface area contributed by atoms with Gasteiger partial charge in [-0.1, -0.05) is 126 Å². The molecule has 0 aliphatic carbocycles. The number of nitrogens with zero attached hydrogens (tertiary/aromatic N) is 3. The van der Waals surface area contributed by atoms with Crippen molar-refractivity contribution in [3.05, 3.63) is 133 Å². The largest absolute Gasteiger partial charge is 0.455 e. The number of fused-ring (bicyclic) bond motifs is 6. The van der Waals surface area contributed by atoms with Crippen molar-refractivity contribution in [1.29, 1.82) is 0 Å². The van der Waals surface area contributed by atoms with Gasteiger partial charge in [-0.2, -0.15) is 0 Å². The van der Waals surface area contributed by atoms with Crippen LogP contribution >= 0.6 is 0 Å². The van der Waals surface area contributed by atoms with E-state index in [0.29, 0.717) is 17.5 Å². The second-order valence-electron chi connectivity index (χ2n) is 14.5. The Hall–Kier alpha value is -6.53. The molecule has 0 unspecified atom stereocenters. The predicted molar refractivity (Wildman–Crippen MR) is 242 cm³/mol. The summed E-state index contributed by atoms with van der Waals surface area (Å²) < 4.78 is 13.2. The third-order valence-electron chi connectivity index (χ3n) is 11.5. The Bertz CT molecular complexity index is 3150. The van der Waals surface area contributed by atoms with Crippen molar-refractivity contribution in [2.45, 2.75) is 0 Å². The van der Waals surface area contributed by atoms with Crippen molar-refractivity contribution < 1.29 is 8.83 Å². The molecule has 55 heavy (non-hydrogen) atoms. The first kappa shape index (κ1) is 33.1. The van der Waals surface area contributed by atoms with Crippen molar-refractivity contribution in [2.24, 2.45) is 0 Å². The molecule has 10 aromatic rings. The van der Waals surface area contributed by atoms with Crippen LogP contribution in [0.25, 0.3) is 100 Å². The molecule has 0 N–H and O–H groups in total. The van der Waals surface area contributed by atoms with E-state index < -0.39 is 0 Å². The SMILES string of the molecule is Bc1c(B)c(B)c(-c2cccc(-c3nc(-c4ccccc4)nc(-c4cccc5oc6c(-c7cccc8c7oc7ccccc78)cccc6c45)n3)c2)c(B)c1B. The minimum Gasteiger partial charge on any atom is -0.455 e. The van der Waals surface area contributed by atoms with Gasteiger partial charge < -0.3 is 8.83 Å². The summed E-state index contributed by atoms with van der Waals surface area (Å²) in [5.41, 5.74) is 17.0. The summed E-state index contributed by atoms with van der Waals surface area (Å²) in [6.07, 6.45) is 0. The minimum atomic E-state index is 0.585. The number of benzene rings is 7. The van der Waals surface area contributed by atoms with E-state index in [4.69, 9.17) is 23.8 Å². The highest BCUT2D eigenvalue weighted by Crippen LogP contribution is 2.43. The summed E-state index contributed by atoms with van der Waals surface area (Å²) in [5.74, 6) is 1.81. The van der Waals surface area contributed by atoms with Crippen LogP contribution < -0.4 is 27.3 Å². The van der Waals surface area contributed by atoms with Crippen LogP contribution in [0.2, 0.25) is 0 Å². The van der Waals surface area contributed by atoms with E-state index in [-0.39, 0.29) is 0 Å². The molecule has 0 bridgehead atoms. The highest BCUT2D eigenvalue weighted by molar-refractivity contribution is 6.68. The van der Waals surface area contributed by atoms with E-state index >= 15 is 0 Å². The van der Waals surface area contributed by atoms with E-state index in [0.717, 1.165) is 77.3 Å². The van der Waals surface area contributed by atoms with Crippen LogP contribution in [0.1, 0.15) is 0 Å².